The third kappa shape index (κ3) is 2.08. The highest BCUT2D eigenvalue weighted by Crippen LogP contribution is 2.65. The number of rotatable bonds is 3. The van der Waals surface area contributed by atoms with E-state index in [9.17, 15) is 0 Å². The lowest BCUT2D eigenvalue weighted by atomic mass is 9.87. The summed E-state index contributed by atoms with van der Waals surface area (Å²) in [5.74, 6) is 0. The standard InChI is InChI=1S/C18H27O3P/c1-10-4-16(5-11(1)19-10)22(17-6-12-2-13(7-17)20-12)18-8-14-3-15(9-18)21-14/h10-18H,1-9H2. The SMILES string of the molecule is C1C2CC(P(C3CC4CC(C3)O4)C3CC4CC(C3)O4)CC1O2. The first kappa shape index (κ1) is 13.6. The van der Waals surface area contributed by atoms with Crippen LogP contribution >= 0.6 is 7.92 Å². The lowest BCUT2D eigenvalue weighted by Gasteiger charge is -2.57. The molecular weight excluding hydrogens is 295 g/mol. The second-order valence-electron chi connectivity index (χ2n) is 8.67. The second kappa shape index (κ2) is 4.91. The Hall–Kier alpha value is 0.310. The van der Waals surface area contributed by atoms with Gasteiger partial charge in [0.25, 0.3) is 0 Å². The van der Waals surface area contributed by atoms with Crippen molar-refractivity contribution in [3.8, 4) is 0 Å². The average Bonchev–Trinajstić information content (AvgIpc) is 2.45. The van der Waals surface area contributed by atoms with E-state index >= 15 is 0 Å². The van der Waals surface area contributed by atoms with Gasteiger partial charge in [0, 0.05) is 0 Å². The van der Waals surface area contributed by atoms with Gasteiger partial charge in [0.1, 0.15) is 0 Å². The Bertz CT molecular complexity index is 357. The predicted octanol–water partition coefficient (Wildman–Crippen LogP) is 3.43. The number of hydrogen-bond acceptors (Lipinski definition) is 3. The second-order valence-corrected chi connectivity index (χ2v) is 11.8. The summed E-state index contributed by atoms with van der Waals surface area (Å²) in [6, 6.07) is 0. The topological polar surface area (TPSA) is 27.7 Å². The van der Waals surface area contributed by atoms with Gasteiger partial charge in [-0.2, -0.15) is 0 Å². The van der Waals surface area contributed by atoms with E-state index < -0.39 is 0 Å². The van der Waals surface area contributed by atoms with Crippen molar-refractivity contribution in [1.82, 2.24) is 0 Å². The smallest absolute Gasteiger partial charge is 0.0609 e. The molecule has 9 aliphatic rings. The van der Waals surface area contributed by atoms with Gasteiger partial charge >= 0.3 is 0 Å². The molecule has 3 nitrogen and oxygen atoms in total. The van der Waals surface area contributed by atoms with Crippen LogP contribution in [0.2, 0.25) is 0 Å². The first-order valence-corrected chi connectivity index (χ1v) is 11.1. The Kier molecular flexibility index (Phi) is 3.03. The molecule has 0 aromatic rings. The molecule has 6 atom stereocenters. The summed E-state index contributed by atoms with van der Waals surface area (Å²) in [6.07, 6.45) is 16.1. The molecule has 0 aromatic carbocycles. The first-order chi connectivity index (χ1) is 10.8. The van der Waals surface area contributed by atoms with E-state index in [-0.39, 0.29) is 7.92 Å². The highest BCUT2D eigenvalue weighted by atomic mass is 31.1. The van der Waals surface area contributed by atoms with Crippen LogP contribution in [0.25, 0.3) is 0 Å². The molecule has 6 saturated heterocycles. The van der Waals surface area contributed by atoms with Crippen molar-refractivity contribution in [1.29, 1.82) is 0 Å². The fourth-order valence-corrected chi connectivity index (χ4v) is 11.0. The Morgan fingerprint density at radius 2 is 0.636 bits per heavy atom. The highest BCUT2D eigenvalue weighted by molar-refractivity contribution is 7.60. The Labute approximate surface area is 134 Å². The van der Waals surface area contributed by atoms with Crippen LogP contribution in [-0.2, 0) is 14.2 Å². The van der Waals surface area contributed by atoms with E-state index in [1.54, 1.807) is 0 Å². The Morgan fingerprint density at radius 3 is 0.864 bits per heavy atom. The van der Waals surface area contributed by atoms with Gasteiger partial charge in [-0.15, -0.1) is 0 Å². The average molecular weight is 322 g/mol. The van der Waals surface area contributed by atoms with Gasteiger partial charge in [0.05, 0.1) is 36.6 Å². The van der Waals surface area contributed by atoms with Gasteiger partial charge in [-0.05, 0) is 74.8 Å². The van der Waals surface area contributed by atoms with E-state index in [1.807, 2.05) is 0 Å². The molecule has 122 valence electrons. The van der Waals surface area contributed by atoms with Crippen molar-refractivity contribution in [3.63, 3.8) is 0 Å². The van der Waals surface area contributed by atoms with Crippen LogP contribution < -0.4 is 0 Å². The normalized spacial score (nSPS) is 59.7. The summed E-state index contributed by atoms with van der Waals surface area (Å²) in [7, 11) is 0.156. The maximum absolute atomic E-state index is 5.95. The van der Waals surface area contributed by atoms with Gasteiger partial charge in [-0.3, -0.25) is 0 Å². The fourth-order valence-electron chi connectivity index (χ4n) is 6.31. The van der Waals surface area contributed by atoms with Gasteiger partial charge < -0.3 is 14.2 Å². The monoisotopic (exact) mass is 322 g/mol. The molecule has 0 radical (unpaired) electrons. The van der Waals surface area contributed by atoms with Crippen LogP contribution in [0, 0.1) is 0 Å². The van der Waals surface area contributed by atoms with Crippen molar-refractivity contribution >= 4 is 7.92 Å². The van der Waals surface area contributed by atoms with Crippen molar-refractivity contribution < 1.29 is 14.2 Å². The molecular formula is C18H27O3P. The molecule has 6 unspecified atom stereocenters. The maximum Gasteiger partial charge on any atom is 0.0609 e. The summed E-state index contributed by atoms with van der Waals surface area (Å²) >= 11 is 0. The van der Waals surface area contributed by atoms with Crippen molar-refractivity contribution in [2.45, 2.75) is 111 Å². The van der Waals surface area contributed by atoms with Crippen molar-refractivity contribution in [2.75, 3.05) is 0 Å². The quantitative estimate of drug-likeness (QED) is 0.745. The van der Waals surface area contributed by atoms with Gasteiger partial charge in [-0.25, -0.2) is 0 Å². The molecule has 6 aliphatic heterocycles. The molecule has 0 spiro atoms. The Balaban J connectivity index is 1.24. The maximum atomic E-state index is 5.95. The minimum absolute atomic E-state index is 0.156. The zero-order valence-corrected chi connectivity index (χ0v) is 14.1. The predicted molar refractivity (Wildman–Crippen MR) is 85.8 cm³/mol. The number of ether oxygens (including phenoxy) is 3. The third-order valence-electron chi connectivity index (χ3n) is 7.21. The molecule has 9 fully saturated rings. The Morgan fingerprint density at radius 1 is 0.409 bits per heavy atom. The molecule has 0 amide bonds. The zero-order valence-electron chi connectivity index (χ0n) is 13.2. The minimum atomic E-state index is 0.156. The molecule has 9 rings (SSSR count). The summed E-state index contributed by atoms with van der Waals surface area (Å²) < 4.78 is 17.9. The van der Waals surface area contributed by atoms with E-state index in [4.69, 9.17) is 14.2 Å². The van der Waals surface area contributed by atoms with Gasteiger partial charge in [-0.1, -0.05) is 7.92 Å². The van der Waals surface area contributed by atoms with Crippen LogP contribution in [0.5, 0.6) is 0 Å². The summed E-state index contributed by atoms with van der Waals surface area (Å²) in [5, 5.41) is 0. The van der Waals surface area contributed by atoms with Crippen molar-refractivity contribution in [2.24, 2.45) is 0 Å². The molecule has 3 aliphatic carbocycles. The van der Waals surface area contributed by atoms with Crippen molar-refractivity contribution in [3.05, 3.63) is 0 Å². The summed E-state index contributed by atoms with van der Waals surface area (Å²) in [4.78, 5) is 0. The number of fused-ring (bicyclic) bond motifs is 6. The molecule has 0 N–H and O–H groups in total. The van der Waals surface area contributed by atoms with E-state index in [0.29, 0.717) is 36.6 Å². The zero-order chi connectivity index (χ0) is 14.3. The largest absolute Gasteiger partial charge is 0.375 e. The van der Waals surface area contributed by atoms with Crippen LogP contribution in [0.3, 0.4) is 0 Å². The summed E-state index contributed by atoms with van der Waals surface area (Å²) in [6.45, 7) is 0. The van der Waals surface area contributed by atoms with Crippen LogP contribution in [0.4, 0.5) is 0 Å². The van der Waals surface area contributed by atoms with E-state index in [2.05, 4.69) is 0 Å². The first-order valence-electron chi connectivity index (χ1n) is 9.54. The third-order valence-corrected chi connectivity index (χ3v) is 11.0. The van der Waals surface area contributed by atoms with Gasteiger partial charge in [0.2, 0.25) is 0 Å². The summed E-state index contributed by atoms with van der Waals surface area (Å²) in [5.41, 5.74) is 2.99. The highest BCUT2D eigenvalue weighted by Gasteiger charge is 2.52. The van der Waals surface area contributed by atoms with E-state index in [0.717, 1.165) is 17.0 Å². The lowest BCUT2D eigenvalue weighted by Crippen LogP contribution is -2.53. The molecule has 6 heterocycles. The number of hydrogen-bond donors (Lipinski definition) is 0. The molecule has 0 aromatic heterocycles. The minimum Gasteiger partial charge on any atom is -0.375 e. The van der Waals surface area contributed by atoms with E-state index in [1.165, 1.54) is 57.8 Å². The molecule has 4 heteroatoms. The molecule has 6 bridgehead atoms. The van der Waals surface area contributed by atoms with Gasteiger partial charge in [0.15, 0.2) is 0 Å². The fraction of sp³-hybridized carbons (Fsp3) is 1.00. The molecule has 22 heavy (non-hydrogen) atoms. The van der Waals surface area contributed by atoms with Crippen LogP contribution in [-0.4, -0.2) is 53.6 Å². The van der Waals surface area contributed by atoms with Crippen LogP contribution in [0.1, 0.15) is 57.8 Å². The lowest BCUT2D eigenvalue weighted by molar-refractivity contribution is -0.160. The van der Waals surface area contributed by atoms with Crippen LogP contribution in [0.15, 0.2) is 0 Å². The molecule has 3 saturated carbocycles.